The van der Waals surface area contributed by atoms with Crippen LogP contribution in [0.3, 0.4) is 0 Å². The van der Waals surface area contributed by atoms with Gasteiger partial charge in [-0.25, -0.2) is 0 Å². The molecule has 21 heavy (non-hydrogen) atoms. The number of benzene rings is 1. The van der Waals surface area contributed by atoms with Gasteiger partial charge in [0.15, 0.2) is 0 Å². The minimum Gasteiger partial charge on any atom is -0.379 e. The van der Waals surface area contributed by atoms with E-state index in [1.165, 1.54) is 37.2 Å². The van der Waals surface area contributed by atoms with Crippen LogP contribution in [0.1, 0.15) is 17.5 Å². The molecule has 4 heteroatoms. The van der Waals surface area contributed by atoms with Crippen molar-refractivity contribution in [2.24, 2.45) is 0 Å². The maximum absolute atomic E-state index is 5.48. The Bertz CT molecular complexity index is 499. The number of morpholine rings is 1. The number of hydrogen-bond acceptors (Lipinski definition) is 4. The van der Waals surface area contributed by atoms with Crippen molar-refractivity contribution in [1.29, 1.82) is 0 Å². The first-order valence-electron chi connectivity index (χ1n) is 8.30. The Labute approximate surface area is 127 Å². The van der Waals surface area contributed by atoms with Crippen molar-refractivity contribution in [2.75, 3.05) is 50.8 Å². The summed E-state index contributed by atoms with van der Waals surface area (Å²) in [5.41, 5.74) is 4.54. The molecule has 4 rings (SSSR count). The van der Waals surface area contributed by atoms with Gasteiger partial charge in [0.2, 0.25) is 0 Å². The lowest BCUT2D eigenvalue weighted by Gasteiger charge is -2.33. The first kappa shape index (κ1) is 13.6. The molecule has 2 fully saturated rings. The third kappa shape index (κ3) is 2.68. The van der Waals surface area contributed by atoms with Gasteiger partial charge in [-0.05, 0) is 36.6 Å². The highest BCUT2D eigenvalue weighted by atomic mass is 16.5. The summed E-state index contributed by atoms with van der Waals surface area (Å²) in [6.07, 6.45) is 2.46. The number of ether oxygens (including phenoxy) is 1. The SMILES string of the molecule is c1cc2c(c(N3CCC(N4CCOCC4)C3)c1)CNCC2. The average molecular weight is 287 g/mol. The van der Waals surface area contributed by atoms with Gasteiger partial charge >= 0.3 is 0 Å². The third-order valence-corrected chi connectivity index (χ3v) is 5.19. The predicted octanol–water partition coefficient (Wildman–Crippen LogP) is 1.24. The predicted molar refractivity (Wildman–Crippen MR) is 84.9 cm³/mol. The van der Waals surface area contributed by atoms with Crippen molar-refractivity contribution in [3.8, 4) is 0 Å². The Balaban J connectivity index is 1.50. The fourth-order valence-corrected chi connectivity index (χ4v) is 3.99. The van der Waals surface area contributed by atoms with E-state index >= 15 is 0 Å². The van der Waals surface area contributed by atoms with Crippen LogP contribution >= 0.6 is 0 Å². The van der Waals surface area contributed by atoms with E-state index < -0.39 is 0 Å². The number of nitrogens with zero attached hydrogens (tertiary/aromatic N) is 2. The molecular formula is C17H25N3O. The maximum Gasteiger partial charge on any atom is 0.0594 e. The third-order valence-electron chi connectivity index (χ3n) is 5.19. The molecule has 0 aliphatic carbocycles. The van der Waals surface area contributed by atoms with Crippen LogP contribution in [0, 0.1) is 0 Å². The minimum atomic E-state index is 0.710. The van der Waals surface area contributed by atoms with Crippen molar-refractivity contribution in [2.45, 2.75) is 25.4 Å². The highest BCUT2D eigenvalue weighted by Gasteiger charge is 2.30. The number of fused-ring (bicyclic) bond motifs is 1. The summed E-state index contributed by atoms with van der Waals surface area (Å²) in [7, 11) is 0. The van der Waals surface area contributed by atoms with E-state index in [4.69, 9.17) is 4.74 Å². The van der Waals surface area contributed by atoms with Gasteiger partial charge in [0, 0.05) is 44.5 Å². The standard InChI is InChI=1S/C17H25N3O/c1-2-14-4-6-18-12-16(14)17(3-1)20-7-5-15(13-20)19-8-10-21-11-9-19/h1-3,15,18H,4-13H2. The lowest BCUT2D eigenvalue weighted by atomic mass is 9.99. The molecule has 0 bridgehead atoms. The summed E-state index contributed by atoms with van der Waals surface area (Å²) in [5.74, 6) is 0. The normalized spacial score (nSPS) is 26.9. The molecule has 3 heterocycles. The molecule has 3 aliphatic rings. The van der Waals surface area contributed by atoms with Gasteiger partial charge in [-0.15, -0.1) is 0 Å². The fourth-order valence-electron chi connectivity index (χ4n) is 3.99. The van der Waals surface area contributed by atoms with E-state index in [2.05, 4.69) is 33.3 Å². The fraction of sp³-hybridized carbons (Fsp3) is 0.647. The highest BCUT2D eigenvalue weighted by Crippen LogP contribution is 2.30. The first-order chi connectivity index (χ1) is 10.4. The second-order valence-corrected chi connectivity index (χ2v) is 6.38. The second-order valence-electron chi connectivity index (χ2n) is 6.38. The molecular weight excluding hydrogens is 262 g/mol. The molecule has 1 aromatic rings. The molecule has 4 nitrogen and oxygen atoms in total. The Hall–Kier alpha value is -1.10. The monoisotopic (exact) mass is 287 g/mol. The molecule has 1 unspecified atom stereocenters. The van der Waals surface area contributed by atoms with Gasteiger partial charge in [0.05, 0.1) is 13.2 Å². The highest BCUT2D eigenvalue weighted by molar-refractivity contribution is 5.58. The van der Waals surface area contributed by atoms with Gasteiger partial charge < -0.3 is 15.0 Å². The minimum absolute atomic E-state index is 0.710. The van der Waals surface area contributed by atoms with Crippen molar-refractivity contribution >= 4 is 5.69 Å². The molecule has 1 aromatic carbocycles. The number of anilines is 1. The lowest BCUT2D eigenvalue weighted by Crippen LogP contribution is -2.44. The molecule has 3 aliphatic heterocycles. The number of nitrogens with one attached hydrogen (secondary N) is 1. The zero-order chi connectivity index (χ0) is 14.1. The van der Waals surface area contributed by atoms with Crippen LogP contribution in [0.4, 0.5) is 5.69 Å². The molecule has 1 N–H and O–H groups in total. The zero-order valence-corrected chi connectivity index (χ0v) is 12.7. The summed E-state index contributed by atoms with van der Waals surface area (Å²) in [5, 5.41) is 3.53. The van der Waals surface area contributed by atoms with Crippen LogP contribution in [0.25, 0.3) is 0 Å². The van der Waals surface area contributed by atoms with E-state index in [0.717, 1.165) is 39.4 Å². The average Bonchev–Trinajstić information content (AvgIpc) is 3.05. The summed E-state index contributed by atoms with van der Waals surface area (Å²) in [6.45, 7) is 8.54. The van der Waals surface area contributed by atoms with E-state index in [1.807, 2.05) is 0 Å². The topological polar surface area (TPSA) is 27.7 Å². The summed E-state index contributed by atoms with van der Waals surface area (Å²) < 4.78 is 5.48. The summed E-state index contributed by atoms with van der Waals surface area (Å²) in [6, 6.07) is 7.56. The molecule has 114 valence electrons. The molecule has 0 amide bonds. The Morgan fingerprint density at radius 1 is 1.14 bits per heavy atom. The number of hydrogen-bond donors (Lipinski definition) is 1. The van der Waals surface area contributed by atoms with Gasteiger partial charge in [-0.1, -0.05) is 12.1 Å². The van der Waals surface area contributed by atoms with Gasteiger partial charge in [0.25, 0.3) is 0 Å². The van der Waals surface area contributed by atoms with Crippen molar-refractivity contribution in [1.82, 2.24) is 10.2 Å². The van der Waals surface area contributed by atoms with Crippen LogP contribution in [0.15, 0.2) is 18.2 Å². The summed E-state index contributed by atoms with van der Waals surface area (Å²) in [4.78, 5) is 5.23. The van der Waals surface area contributed by atoms with E-state index in [9.17, 15) is 0 Å². The molecule has 2 saturated heterocycles. The van der Waals surface area contributed by atoms with Crippen molar-refractivity contribution < 1.29 is 4.74 Å². The first-order valence-corrected chi connectivity index (χ1v) is 8.30. The quantitative estimate of drug-likeness (QED) is 0.886. The van der Waals surface area contributed by atoms with Crippen LogP contribution in [-0.4, -0.2) is 56.9 Å². The van der Waals surface area contributed by atoms with Gasteiger partial charge in [0.1, 0.15) is 0 Å². The van der Waals surface area contributed by atoms with Crippen molar-refractivity contribution in [3.05, 3.63) is 29.3 Å². The number of rotatable bonds is 2. The van der Waals surface area contributed by atoms with Gasteiger partial charge in [-0.3, -0.25) is 4.90 Å². The van der Waals surface area contributed by atoms with Crippen LogP contribution in [0.2, 0.25) is 0 Å². The molecule has 1 atom stereocenters. The summed E-state index contributed by atoms with van der Waals surface area (Å²) >= 11 is 0. The Morgan fingerprint density at radius 2 is 2.05 bits per heavy atom. The lowest BCUT2D eigenvalue weighted by molar-refractivity contribution is 0.0209. The Kier molecular flexibility index (Phi) is 3.84. The van der Waals surface area contributed by atoms with Crippen LogP contribution < -0.4 is 10.2 Å². The van der Waals surface area contributed by atoms with E-state index in [0.29, 0.717) is 6.04 Å². The zero-order valence-electron chi connectivity index (χ0n) is 12.7. The molecule has 0 radical (unpaired) electrons. The van der Waals surface area contributed by atoms with Crippen LogP contribution in [0.5, 0.6) is 0 Å². The van der Waals surface area contributed by atoms with E-state index in [1.54, 1.807) is 5.56 Å². The molecule has 0 aromatic heterocycles. The van der Waals surface area contributed by atoms with Gasteiger partial charge in [-0.2, -0.15) is 0 Å². The smallest absolute Gasteiger partial charge is 0.0594 e. The van der Waals surface area contributed by atoms with E-state index in [-0.39, 0.29) is 0 Å². The van der Waals surface area contributed by atoms with Crippen LogP contribution in [-0.2, 0) is 17.7 Å². The maximum atomic E-state index is 5.48. The molecule has 0 spiro atoms. The Morgan fingerprint density at radius 3 is 2.95 bits per heavy atom. The largest absolute Gasteiger partial charge is 0.379 e. The van der Waals surface area contributed by atoms with Crippen molar-refractivity contribution in [3.63, 3.8) is 0 Å². The second kappa shape index (κ2) is 5.95. The molecule has 0 saturated carbocycles.